The second-order valence-electron chi connectivity index (χ2n) is 11.2. The van der Waals surface area contributed by atoms with E-state index in [0.29, 0.717) is 26.2 Å². The summed E-state index contributed by atoms with van der Waals surface area (Å²) < 4.78 is 0. The van der Waals surface area contributed by atoms with E-state index in [1.807, 2.05) is 70.5 Å². The Bertz CT molecular complexity index is 1510. The summed E-state index contributed by atoms with van der Waals surface area (Å²) in [7, 11) is 0. The number of carbonyl (C=O) groups is 2. The largest absolute Gasteiger partial charge is 0.392 e. The van der Waals surface area contributed by atoms with Gasteiger partial charge in [0.1, 0.15) is 0 Å². The van der Waals surface area contributed by atoms with Crippen LogP contribution in [0, 0.1) is 0 Å². The second kappa shape index (κ2) is 14.1. The van der Waals surface area contributed by atoms with Crippen LogP contribution >= 0.6 is 0 Å². The molecule has 2 atom stereocenters. The summed E-state index contributed by atoms with van der Waals surface area (Å²) >= 11 is 0. The van der Waals surface area contributed by atoms with Gasteiger partial charge in [0, 0.05) is 38.0 Å². The first kappa shape index (κ1) is 30.7. The highest BCUT2D eigenvalue weighted by Gasteiger charge is 2.29. The Hall–Kier alpha value is -4.78. The highest BCUT2D eigenvalue weighted by Crippen LogP contribution is 2.35. The minimum atomic E-state index is -0.0546. The number of benzene rings is 4. The minimum absolute atomic E-state index is 0.0126. The lowest BCUT2D eigenvalue weighted by Gasteiger charge is -2.35. The minimum Gasteiger partial charge on any atom is -0.392 e. The maximum Gasteiger partial charge on any atom is 0.246 e. The van der Waals surface area contributed by atoms with E-state index in [2.05, 4.69) is 49.6 Å². The van der Waals surface area contributed by atoms with Crippen molar-refractivity contribution >= 4 is 11.8 Å². The molecule has 0 spiro atoms. The molecule has 6 rings (SSSR count). The number of amides is 2. The summed E-state index contributed by atoms with van der Waals surface area (Å²) in [6.45, 7) is 9.65. The molecule has 0 unspecified atom stereocenters. The normalized spacial score (nSPS) is 17.0. The molecule has 0 radical (unpaired) electrons. The Morgan fingerprint density at radius 2 is 1.02 bits per heavy atom. The monoisotopic (exact) mass is 586 g/mol. The number of rotatable bonds is 6. The van der Waals surface area contributed by atoms with Crippen molar-refractivity contribution in [2.24, 2.45) is 0 Å². The molecule has 0 saturated carbocycles. The molecule has 224 valence electrons. The zero-order valence-corrected chi connectivity index (χ0v) is 24.8. The first-order chi connectivity index (χ1) is 21.4. The van der Waals surface area contributed by atoms with E-state index < -0.39 is 0 Å². The highest BCUT2D eigenvalue weighted by atomic mass is 16.3. The average molecular weight is 587 g/mol. The number of fused-ring (bicyclic) bond motifs is 2. The van der Waals surface area contributed by atoms with Gasteiger partial charge in [0.05, 0.1) is 13.2 Å². The van der Waals surface area contributed by atoms with E-state index in [4.69, 9.17) is 0 Å². The molecule has 6 heteroatoms. The number of hydrogen-bond donors (Lipinski definition) is 2. The van der Waals surface area contributed by atoms with Gasteiger partial charge in [-0.1, -0.05) is 110 Å². The van der Waals surface area contributed by atoms with Crippen molar-refractivity contribution in [2.45, 2.75) is 38.1 Å². The molecule has 0 fully saturated rings. The predicted molar refractivity (Wildman–Crippen MR) is 173 cm³/mol. The van der Waals surface area contributed by atoms with E-state index in [1.54, 1.807) is 0 Å². The van der Waals surface area contributed by atoms with Crippen LogP contribution in [0.15, 0.2) is 122 Å². The lowest BCUT2D eigenvalue weighted by molar-refractivity contribution is -0.127. The summed E-state index contributed by atoms with van der Waals surface area (Å²) in [5, 5.41) is 18.7. The quantitative estimate of drug-likeness (QED) is 0.285. The molecule has 0 aromatic heterocycles. The molecule has 4 aromatic rings. The Labute approximate surface area is 259 Å². The summed E-state index contributed by atoms with van der Waals surface area (Å²) in [6, 6.07) is 32.5. The summed E-state index contributed by atoms with van der Waals surface area (Å²) in [4.78, 5) is 27.8. The Kier molecular flexibility index (Phi) is 9.85. The highest BCUT2D eigenvalue weighted by molar-refractivity contribution is 5.87. The van der Waals surface area contributed by atoms with Crippen molar-refractivity contribution < 1.29 is 19.8 Å². The van der Waals surface area contributed by atoms with Crippen molar-refractivity contribution in [3.8, 4) is 0 Å². The van der Waals surface area contributed by atoms with E-state index >= 15 is 0 Å². The molecule has 2 heterocycles. The van der Waals surface area contributed by atoms with E-state index in [9.17, 15) is 19.8 Å². The number of nitrogens with zero attached hydrogens (tertiary/aromatic N) is 2. The van der Waals surface area contributed by atoms with Crippen molar-refractivity contribution in [2.75, 3.05) is 13.1 Å². The van der Waals surface area contributed by atoms with Gasteiger partial charge in [-0.05, 0) is 56.7 Å². The molecule has 0 aliphatic carbocycles. The maximum absolute atomic E-state index is 12.1. The fourth-order valence-electron chi connectivity index (χ4n) is 6.18. The van der Waals surface area contributed by atoms with Crippen LogP contribution in [0.2, 0.25) is 0 Å². The van der Waals surface area contributed by atoms with Crippen LogP contribution in [-0.4, -0.2) is 44.9 Å². The molecule has 2 aliphatic heterocycles. The van der Waals surface area contributed by atoms with Crippen LogP contribution in [-0.2, 0) is 35.9 Å². The van der Waals surface area contributed by atoms with Gasteiger partial charge >= 0.3 is 0 Å². The van der Waals surface area contributed by atoms with Gasteiger partial charge in [0.15, 0.2) is 0 Å². The van der Waals surface area contributed by atoms with Gasteiger partial charge in [0.2, 0.25) is 11.8 Å². The van der Waals surface area contributed by atoms with Crippen molar-refractivity contribution in [1.82, 2.24) is 9.80 Å². The molecule has 6 nitrogen and oxygen atoms in total. The summed E-state index contributed by atoms with van der Waals surface area (Å²) in [5.41, 5.74) is 8.80. The Morgan fingerprint density at radius 1 is 0.636 bits per heavy atom. The topological polar surface area (TPSA) is 81.1 Å². The van der Waals surface area contributed by atoms with E-state index in [-0.39, 0.29) is 36.9 Å². The lowest BCUT2D eigenvalue weighted by Crippen LogP contribution is -2.37. The third-order valence-corrected chi connectivity index (χ3v) is 8.44. The Balaban J connectivity index is 0.000000175. The van der Waals surface area contributed by atoms with Crippen LogP contribution in [0.3, 0.4) is 0 Å². The molecule has 2 amide bonds. The average Bonchev–Trinajstić information content (AvgIpc) is 3.10. The van der Waals surface area contributed by atoms with Gasteiger partial charge in [-0.25, -0.2) is 0 Å². The van der Waals surface area contributed by atoms with Crippen LogP contribution < -0.4 is 0 Å². The fourth-order valence-corrected chi connectivity index (χ4v) is 6.18. The van der Waals surface area contributed by atoms with Gasteiger partial charge in [-0.3, -0.25) is 9.59 Å². The molecular weight excluding hydrogens is 548 g/mol. The molecule has 2 aliphatic rings. The Morgan fingerprint density at radius 3 is 1.36 bits per heavy atom. The second-order valence-corrected chi connectivity index (χ2v) is 11.2. The zero-order valence-electron chi connectivity index (χ0n) is 24.8. The fraction of sp³-hybridized carbons (Fsp3) is 0.211. The van der Waals surface area contributed by atoms with Gasteiger partial charge in [0.25, 0.3) is 0 Å². The van der Waals surface area contributed by atoms with Gasteiger partial charge < -0.3 is 20.0 Å². The van der Waals surface area contributed by atoms with Crippen LogP contribution in [0.5, 0.6) is 0 Å². The molecule has 2 N–H and O–H groups in total. The summed E-state index contributed by atoms with van der Waals surface area (Å²) in [6.07, 6.45) is 2.73. The molecule has 0 saturated heterocycles. The van der Waals surface area contributed by atoms with Crippen LogP contribution in [0.1, 0.15) is 56.3 Å². The molecule has 4 aromatic carbocycles. The standard InChI is InChI=1S/2C19H19NO2/c2*1-2-19(22)20-11-16-10-14(13-21)8-9-17(16)18(12-20)15-6-4-3-5-7-15/h2*2-10,18,21H,1,11-13H2/t2*18-/m10/s1. The van der Waals surface area contributed by atoms with Crippen molar-refractivity contribution in [3.63, 3.8) is 0 Å². The first-order valence-electron chi connectivity index (χ1n) is 14.8. The molecule has 0 bridgehead atoms. The zero-order chi connectivity index (χ0) is 31.1. The van der Waals surface area contributed by atoms with Gasteiger partial charge in [-0.15, -0.1) is 0 Å². The van der Waals surface area contributed by atoms with E-state index in [1.165, 1.54) is 34.4 Å². The lowest BCUT2D eigenvalue weighted by atomic mass is 9.84. The number of aliphatic hydroxyl groups is 2. The van der Waals surface area contributed by atoms with Gasteiger partial charge in [-0.2, -0.15) is 0 Å². The van der Waals surface area contributed by atoms with Crippen LogP contribution in [0.4, 0.5) is 0 Å². The molecule has 44 heavy (non-hydrogen) atoms. The number of aliphatic hydroxyl groups excluding tert-OH is 2. The third-order valence-electron chi connectivity index (χ3n) is 8.44. The first-order valence-corrected chi connectivity index (χ1v) is 14.8. The third kappa shape index (κ3) is 6.72. The molecular formula is C38H38N2O4. The predicted octanol–water partition coefficient (Wildman–Crippen LogP) is 5.68. The van der Waals surface area contributed by atoms with Crippen LogP contribution in [0.25, 0.3) is 0 Å². The smallest absolute Gasteiger partial charge is 0.246 e. The van der Waals surface area contributed by atoms with Crippen molar-refractivity contribution in [3.05, 3.63) is 167 Å². The SMILES string of the molecule is C=CC(=O)N1Cc2cc(CO)ccc2[C@@H](c2ccccc2)C1.C=CC(=O)N1Cc2cc(CO)ccc2[C@H](c2ccccc2)C1. The number of carbonyl (C=O) groups excluding carboxylic acids is 2. The summed E-state index contributed by atoms with van der Waals surface area (Å²) in [5.74, 6) is 0.199. The van der Waals surface area contributed by atoms with Crippen molar-refractivity contribution in [1.29, 1.82) is 0 Å². The number of hydrogen-bond acceptors (Lipinski definition) is 4. The maximum atomic E-state index is 12.1. The van der Waals surface area contributed by atoms with E-state index in [0.717, 1.165) is 22.3 Å².